The van der Waals surface area contributed by atoms with Gasteiger partial charge in [-0.2, -0.15) is 5.10 Å². The molecule has 3 N–H and O–H groups in total. The fourth-order valence-corrected chi connectivity index (χ4v) is 1.75. The number of hydrogen-bond donors (Lipinski definition) is 2. The highest BCUT2D eigenvalue weighted by Gasteiger charge is 2.13. The average molecular weight is 281 g/mol. The Morgan fingerprint density at radius 2 is 2.16 bits per heavy atom. The SMILES string of the molecule is COc1ccc(Cn2cc(N)c(C(=O)NCl)n2)cc1. The van der Waals surface area contributed by atoms with Gasteiger partial charge in [0.25, 0.3) is 5.91 Å². The summed E-state index contributed by atoms with van der Waals surface area (Å²) in [5, 5.41) is 4.08. The lowest BCUT2D eigenvalue weighted by molar-refractivity contribution is 0.0977. The Balaban J connectivity index is 2.16. The molecular weight excluding hydrogens is 268 g/mol. The Labute approximate surface area is 115 Å². The van der Waals surface area contributed by atoms with Crippen molar-refractivity contribution < 1.29 is 9.53 Å². The fourth-order valence-electron chi connectivity index (χ4n) is 1.66. The molecule has 0 fully saturated rings. The van der Waals surface area contributed by atoms with Gasteiger partial charge in [0.2, 0.25) is 0 Å². The molecule has 6 nitrogen and oxygen atoms in total. The summed E-state index contributed by atoms with van der Waals surface area (Å²) in [4.78, 5) is 13.3. The molecule has 19 heavy (non-hydrogen) atoms. The molecule has 1 heterocycles. The van der Waals surface area contributed by atoms with Crippen LogP contribution >= 0.6 is 11.8 Å². The molecule has 0 aliphatic heterocycles. The molecule has 1 aromatic heterocycles. The quantitative estimate of drug-likeness (QED) is 0.830. The number of methoxy groups -OCH3 is 1. The van der Waals surface area contributed by atoms with Crippen molar-refractivity contribution in [2.75, 3.05) is 12.8 Å². The summed E-state index contributed by atoms with van der Waals surface area (Å²) in [5.41, 5.74) is 7.11. The van der Waals surface area contributed by atoms with Crippen molar-refractivity contribution in [3.05, 3.63) is 41.7 Å². The number of anilines is 1. The molecular formula is C12H13ClN4O2. The highest BCUT2D eigenvalue weighted by atomic mass is 35.5. The van der Waals surface area contributed by atoms with Gasteiger partial charge in [0.1, 0.15) is 5.75 Å². The van der Waals surface area contributed by atoms with Crippen LogP contribution in [0.15, 0.2) is 30.5 Å². The summed E-state index contributed by atoms with van der Waals surface area (Å²) in [6.45, 7) is 0.504. The zero-order valence-corrected chi connectivity index (χ0v) is 11.0. The van der Waals surface area contributed by atoms with E-state index in [0.29, 0.717) is 6.54 Å². The van der Waals surface area contributed by atoms with Gasteiger partial charge in [0, 0.05) is 18.0 Å². The number of halogens is 1. The summed E-state index contributed by atoms with van der Waals surface area (Å²) < 4.78 is 6.66. The molecule has 0 atom stereocenters. The topological polar surface area (TPSA) is 82.2 Å². The lowest BCUT2D eigenvalue weighted by Gasteiger charge is -2.03. The van der Waals surface area contributed by atoms with E-state index in [1.807, 2.05) is 29.1 Å². The first-order valence-corrected chi connectivity index (χ1v) is 5.88. The molecule has 100 valence electrons. The molecule has 0 saturated carbocycles. The molecule has 0 aliphatic rings. The Morgan fingerprint density at radius 1 is 1.47 bits per heavy atom. The lowest BCUT2D eigenvalue weighted by Crippen LogP contribution is -2.15. The summed E-state index contributed by atoms with van der Waals surface area (Å²) in [6.07, 6.45) is 1.59. The van der Waals surface area contributed by atoms with E-state index in [0.717, 1.165) is 11.3 Å². The van der Waals surface area contributed by atoms with Crippen LogP contribution in [0.4, 0.5) is 5.69 Å². The molecule has 0 spiro atoms. The largest absolute Gasteiger partial charge is 0.497 e. The maximum absolute atomic E-state index is 11.4. The van der Waals surface area contributed by atoms with Crippen LogP contribution in [0.5, 0.6) is 5.75 Å². The third-order valence-electron chi connectivity index (χ3n) is 2.59. The van der Waals surface area contributed by atoms with E-state index in [4.69, 9.17) is 22.2 Å². The molecule has 2 rings (SSSR count). The first kappa shape index (κ1) is 13.2. The highest BCUT2D eigenvalue weighted by molar-refractivity contribution is 6.24. The highest BCUT2D eigenvalue weighted by Crippen LogP contribution is 2.14. The number of benzene rings is 1. The maximum atomic E-state index is 11.4. The summed E-state index contributed by atoms with van der Waals surface area (Å²) in [5.74, 6) is 0.263. The van der Waals surface area contributed by atoms with Gasteiger partial charge in [-0.05, 0) is 17.7 Å². The second-order valence-corrected chi connectivity index (χ2v) is 4.09. The first-order chi connectivity index (χ1) is 9.13. The van der Waals surface area contributed by atoms with E-state index >= 15 is 0 Å². The number of aromatic nitrogens is 2. The number of nitrogens with one attached hydrogen (secondary N) is 1. The van der Waals surface area contributed by atoms with Crippen LogP contribution < -0.4 is 15.3 Å². The van der Waals surface area contributed by atoms with Crippen LogP contribution in [0, 0.1) is 0 Å². The zero-order valence-electron chi connectivity index (χ0n) is 10.3. The Kier molecular flexibility index (Phi) is 3.91. The van der Waals surface area contributed by atoms with Crippen molar-refractivity contribution in [3.63, 3.8) is 0 Å². The number of nitrogens with two attached hydrogens (primary N) is 1. The number of ether oxygens (including phenoxy) is 1. The predicted molar refractivity (Wildman–Crippen MR) is 72.1 cm³/mol. The van der Waals surface area contributed by atoms with Gasteiger partial charge in [-0.15, -0.1) is 0 Å². The van der Waals surface area contributed by atoms with Gasteiger partial charge in [-0.25, -0.2) is 0 Å². The molecule has 7 heteroatoms. The van der Waals surface area contributed by atoms with Crippen LogP contribution in [0.3, 0.4) is 0 Å². The zero-order chi connectivity index (χ0) is 13.8. The van der Waals surface area contributed by atoms with Crippen LogP contribution in [0.25, 0.3) is 0 Å². The van der Waals surface area contributed by atoms with Crippen LogP contribution in [-0.4, -0.2) is 22.8 Å². The fraction of sp³-hybridized carbons (Fsp3) is 0.167. The maximum Gasteiger partial charge on any atom is 0.288 e. The third-order valence-corrected chi connectivity index (χ3v) is 2.77. The van der Waals surface area contributed by atoms with E-state index in [2.05, 4.69) is 5.10 Å². The first-order valence-electron chi connectivity index (χ1n) is 5.51. The Bertz CT molecular complexity index is 580. The number of carbonyl (C=O) groups excluding carboxylic acids is 1. The number of amides is 1. The van der Waals surface area contributed by atoms with E-state index in [1.165, 1.54) is 0 Å². The standard InChI is InChI=1S/C12H13ClN4O2/c1-19-9-4-2-8(3-5-9)6-17-7-10(14)11(16-17)12(18)15-13/h2-5,7H,6,14H2,1H3,(H,15,18). The Morgan fingerprint density at radius 3 is 2.74 bits per heavy atom. The van der Waals surface area contributed by atoms with Gasteiger partial charge in [0.05, 0.1) is 19.3 Å². The molecule has 0 unspecified atom stereocenters. The van der Waals surface area contributed by atoms with Crippen molar-refractivity contribution in [1.29, 1.82) is 0 Å². The molecule has 1 amide bonds. The molecule has 0 saturated heterocycles. The molecule has 0 aliphatic carbocycles. The van der Waals surface area contributed by atoms with Crippen molar-refractivity contribution >= 4 is 23.4 Å². The summed E-state index contributed by atoms with van der Waals surface area (Å²) >= 11 is 5.24. The van der Waals surface area contributed by atoms with E-state index in [9.17, 15) is 4.79 Å². The van der Waals surface area contributed by atoms with Crippen molar-refractivity contribution in [2.45, 2.75) is 6.54 Å². The van der Waals surface area contributed by atoms with Gasteiger partial charge in [0.15, 0.2) is 5.69 Å². The minimum absolute atomic E-state index is 0.114. The monoisotopic (exact) mass is 280 g/mol. The lowest BCUT2D eigenvalue weighted by atomic mass is 10.2. The van der Waals surface area contributed by atoms with Crippen molar-refractivity contribution in [2.24, 2.45) is 0 Å². The van der Waals surface area contributed by atoms with Gasteiger partial charge in [-0.3, -0.25) is 14.3 Å². The average Bonchev–Trinajstić information content (AvgIpc) is 2.79. The van der Waals surface area contributed by atoms with Gasteiger partial charge < -0.3 is 10.5 Å². The van der Waals surface area contributed by atoms with Crippen LogP contribution in [-0.2, 0) is 6.54 Å². The minimum Gasteiger partial charge on any atom is -0.497 e. The van der Waals surface area contributed by atoms with Crippen LogP contribution in [0.2, 0.25) is 0 Å². The number of nitrogen functional groups attached to an aromatic ring is 1. The van der Waals surface area contributed by atoms with E-state index < -0.39 is 5.91 Å². The van der Waals surface area contributed by atoms with E-state index in [-0.39, 0.29) is 11.4 Å². The van der Waals surface area contributed by atoms with Crippen molar-refractivity contribution in [1.82, 2.24) is 14.6 Å². The number of hydrogen-bond acceptors (Lipinski definition) is 4. The van der Waals surface area contributed by atoms with Crippen LogP contribution in [0.1, 0.15) is 16.1 Å². The normalized spacial score (nSPS) is 10.2. The summed E-state index contributed by atoms with van der Waals surface area (Å²) in [6, 6.07) is 7.54. The van der Waals surface area contributed by atoms with Gasteiger partial charge >= 0.3 is 0 Å². The third kappa shape index (κ3) is 2.97. The van der Waals surface area contributed by atoms with Crippen molar-refractivity contribution in [3.8, 4) is 5.75 Å². The summed E-state index contributed by atoms with van der Waals surface area (Å²) in [7, 11) is 1.61. The minimum atomic E-state index is -0.521. The number of nitrogens with zero attached hydrogens (tertiary/aromatic N) is 2. The van der Waals surface area contributed by atoms with E-state index in [1.54, 1.807) is 18.0 Å². The molecule has 0 bridgehead atoms. The number of carbonyl (C=O) groups is 1. The molecule has 0 radical (unpaired) electrons. The second kappa shape index (κ2) is 5.62. The smallest absolute Gasteiger partial charge is 0.288 e. The molecule has 1 aromatic carbocycles. The molecule has 2 aromatic rings. The number of rotatable bonds is 4. The predicted octanol–water partition coefficient (Wildman–Crippen LogP) is 1.41. The van der Waals surface area contributed by atoms with Gasteiger partial charge in [-0.1, -0.05) is 12.1 Å². The Hall–Kier alpha value is -2.21. The second-order valence-electron chi connectivity index (χ2n) is 3.90.